The third-order valence-corrected chi connectivity index (χ3v) is 10.8. The highest BCUT2D eigenvalue weighted by molar-refractivity contribution is 6.13. The molecule has 57 heavy (non-hydrogen) atoms. The molecule has 0 saturated heterocycles. The van der Waals surface area contributed by atoms with Crippen LogP contribution in [-0.2, 0) is 0 Å². The molecule has 7 aromatic carbocycles. The second kappa shape index (κ2) is 14.6. The predicted octanol–water partition coefficient (Wildman–Crippen LogP) is 14.2. The molecule has 0 saturated carbocycles. The van der Waals surface area contributed by atoms with Crippen molar-refractivity contribution >= 4 is 33.1 Å². The van der Waals surface area contributed by atoms with Gasteiger partial charge in [0.2, 0.25) is 0 Å². The van der Waals surface area contributed by atoms with Gasteiger partial charge < -0.3 is 4.57 Å². The van der Waals surface area contributed by atoms with Crippen LogP contribution in [0.3, 0.4) is 0 Å². The number of fused-ring (bicyclic) bond motifs is 3. The van der Waals surface area contributed by atoms with E-state index in [0.717, 1.165) is 102 Å². The van der Waals surface area contributed by atoms with Gasteiger partial charge in [-0.1, -0.05) is 152 Å². The summed E-state index contributed by atoms with van der Waals surface area (Å²) >= 11 is 0. The van der Waals surface area contributed by atoms with Gasteiger partial charge in [-0.15, -0.1) is 0 Å². The first-order valence-corrected chi connectivity index (χ1v) is 19.3. The van der Waals surface area contributed by atoms with Crippen LogP contribution in [0.1, 0.15) is 18.5 Å². The largest absolute Gasteiger partial charge is 0.308 e. The molecule has 0 aliphatic heterocycles. The van der Waals surface area contributed by atoms with E-state index in [-0.39, 0.29) is 0 Å². The van der Waals surface area contributed by atoms with Gasteiger partial charge >= 0.3 is 0 Å². The lowest BCUT2D eigenvalue weighted by atomic mass is 9.91. The SMILES string of the molecule is [C-]#[N+]c1ccc2c(c1)c1cc(-c3ccccc3)ccc1n2-c1c(-c2ccccc2)cc(-c2cc(C3=CCCC=C3)nc(-c3ccccc3)n2)cc1-c1ccccc1. The molecule has 9 aromatic rings. The predicted molar refractivity (Wildman–Crippen MR) is 236 cm³/mol. The molecule has 0 atom stereocenters. The van der Waals surface area contributed by atoms with Gasteiger partial charge in [0.05, 0.1) is 34.7 Å². The molecule has 0 unspecified atom stereocenters. The Hall–Kier alpha value is -7.61. The zero-order chi connectivity index (χ0) is 38.1. The highest BCUT2D eigenvalue weighted by Crippen LogP contribution is 2.45. The Kier molecular flexibility index (Phi) is 8.67. The number of hydrogen-bond acceptors (Lipinski definition) is 2. The first-order chi connectivity index (χ1) is 28.2. The van der Waals surface area contributed by atoms with Crippen molar-refractivity contribution in [2.45, 2.75) is 12.8 Å². The first kappa shape index (κ1) is 33.9. The van der Waals surface area contributed by atoms with Crippen molar-refractivity contribution in [1.29, 1.82) is 0 Å². The van der Waals surface area contributed by atoms with Gasteiger partial charge in [0.25, 0.3) is 0 Å². The van der Waals surface area contributed by atoms with E-state index >= 15 is 0 Å². The van der Waals surface area contributed by atoms with Crippen molar-refractivity contribution in [3.8, 4) is 61.7 Å². The molecule has 4 nitrogen and oxygen atoms in total. The lowest BCUT2D eigenvalue weighted by Gasteiger charge is -2.21. The summed E-state index contributed by atoms with van der Waals surface area (Å²) in [7, 11) is 0. The lowest BCUT2D eigenvalue weighted by molar-refractivity contribution is 1.03. The van der Waals surface area contributed by atoms with Crippen molar-refractivity contribution in [3.05, 3.63) is 211 Å². The van der Waals surface area contributed by atoms with Gasteiger partial charge in [0.1, 0.15) is 0 Å². The van der Waals surface area contributed by atoms with Gasteiger partial charge in [0, 0.05) is 27.6 Å². The van der Waals surface area contributed by atoms with Crippen LogP contribution in [-0.4, -0.2) is 14.5 Å². The Bertz CT molecular complexity index is 2980. The average Bonchev–Trinajstić information content (AvgIpc) is 3.62. The summed E-state index contributed by atoms with van der Waals surface area (Å²) in [4.78, 5) is 14.3. The summed E-state index contributed by atoms with van der Waals surface area (Å²) in [5, 5.41) is 2.14. The first-order valence-electron chi connectivity index (χ1n) is 19.3. The molecular formula is C53H36N4. The molecule has 4 heteroatoms. The molecule has 0 fully saturated rings. The number of benzene rings is 7. The molecule has 268 valence electrons. The van der Waals surface area contributed by atoms with Gasteiger partial charge in [-0.05, 0) is 88.5 Å². The van der Waals surface area contributed by atoms with E-state index < -0.39 is 0 Å². The summed E-state index contributed by atoms with van der Waals surface area (Å²) in [5.41, 5.74) is 15.3. The molecule has 0 N–H and O–H groups in total. The minimum Gasteiger partial charge on any atom is -0.308 e. The molecule has 0 amide bonds. The van der Waals surface area contributed by atoms with Crippen molar-refractivity contribution in [2.24, 2.45) is 0 Å². The van der Waals surface area contributed by atoms with E-state index in [4.69, 9.17) is 16.5 Å². The highest BCUT2D eigenvalue weighted by atomic mass is 15.0. The average molecular weight is 729 g/mol. The summed E-state index contributed by atoms with van der Waals surface area (Å²) in [5.74, 6) is 0.696. The normalized spacial score (nSPS) is 12.4. The topological polar surface area (TPSA) is 35.1 Å². The summed E-state index contributed by atoms with van der Waals surface area (Å²) in [6, 6.07) is 61.6. The Balaban J connectivity index is 1.30. The third kappa shape index (κ3) is 6.32. The van der Waals surface area contributed by atoms with E-state index in [0.29, 0.717) is 11.5 Å². The standard InChI is InChI=1S/C53H36N4/c1-54-43-28-30-51-47(34-43)46-31-41(36-17-7-2-8-18-36)27-29-50(46)57(51)52-44(37-19-9-3-10-20-37)32-42(33-45(52)38-21-11-4-12-22-38)49-35-48(39-23-13-5-14-24-39)55-53(56-49)40-25-15-6-16-26-40/h2-4,6-13,15-35H,5,14H2. The quantitative estimate of drug-likeness (QED) is 0.153. The van der Waals surface area contributed by atoms with E-state index in [1.54, 1.807) is 0 Å². The zero-order valence-electron chi connectivity index (χ0n) is 31.2. The second-order valence-corrected chi connectivity index (χ2v) is 14.4. The van der Waals surface area contributed by atoms with Crippen LogP contribution in [0.4, 0.5) is 5.69 Å². The van der Waals surface area contributed by atoms with Crippen LogP contribution in [0.15, 0.2) is 194 Å². The minimum atomic E-state index is 0.616. The van der Waals surface area contributed by atoms with E-state index in [1.807, 2.05) is 36.4 Å². The van der Waals surface area contributed by atoms with Crippen molar-refractivity contribution in [1.82, 2.24) is 14.5 Å². The van der Waals surface area contributed by atoms with Gasteiger partial charge in [-0.2, -0.15) is 0 Å². The number of hydrogen-bond donors (Lipinski definition) is 0. The molecule has 0 spiro atoms. The maximum absolute atomic E-state index is 7.92. The molecule has 1 aliphatic carbocycles. The minimum absolute atomic E-state index is 0.616. The maximum Gasteiger partial charge on any atom is 0.188 e. The zero-order valence-corrected chi connectivity index (χ0v) is 31.2. The summed E-state index contributed by atoms with van der Waals surface area (Å²) in [6.45, 7) is 7.92. The summed E-state index contributed by atoms with van der Waals surface area (Å²) < 4.78 is 2.40. The van der Waals surface area contributed by atoms with Crippen molar-refractivity contribution in [2.75, 3.05) is 0 Å². The Morgan fingerprint density at radius 1 is 0.474 bits per heavy atom. The maximum atomic E-state index is 7.92. The Morgan fingerprint density at radius 2 is 1.04 bits per heavy atom. The molecule has 10 rings (SSSR count). The van der Waals surface area contributed by atoms with Gasteiger partial charge in [-0.3, -0.25) is 0 Å². The second-order valence-electron chi connectivity index (χ2n) is 14.4. The highest BCUT2D eigenvalue weighted by Gasteiger charge is 2.23. The monoisotopic (exact) mass is 728 g/mol. The fourth-order valence-electron chi connectivity index (χ4n) is 8.09. The Labute approximate surface area is 332 Å². The third-order valence-electron chi connectivity index (χ3n) is 10.8. The molecule has 0 radical (unpaired) electrons. The number of aromatic nitrogens is 3. The van der Waals surface area contributed by atoms with Crippen molar-refractivity contribution in [3.63, 3.8) is 0 Å². The van der Waals surface area contributed by atoms with E-state index in [9.17, 15) is 0 Å². The van der Waals surface area contributed by atoms with Crippen LogP contribution >= 0.6 is 0 Å². The van der Waals surface area contributed by atoms with Gasteiger partial charge in [-0.25, -0.2) is 14.8 Å². The van der Waals surface area contributed by atoms with Crippen LogP contribution in [0, 0.1) is 6.57 Å². The molecule has 2 heterocycles. The molecular weight excluding hydrogens is 693 g/mol. The van der Waals surface area contributed by atoms with Gasteiger partial charge in [0.15, 0.2) is 11.5 Å². The van der Waals surface area contributed by atoms with E-state index in [2.05, 4.69) is 167 Å². The molecule has 1 aliphatic rings. The number of allylic oxidation sites excluding steroid dienone is 4. The van der Waals surface area contributed by atoms with E-state index in [1.165, 1.54) is 0 Å². The molecule has 2 aromatic heterocycles. The van der Waals surface area contributed by atoms with Crippen LogP contribution in [0.25, 0.3) is 93.9 Å². The number of rotatable bonds is 7. The van der Waals surface area contributed by atoms with Crippen molar-refractivity contribution < 1.29 is 0 Å². The smallest absolute Gasteiger partial charge is 0.188 e. The van der Waals surface area contributed by atoms with Crippen LogP contribution in [0.5, 0.6) is 0 Å². The lowest BCUT2D eigenvalue weighted by Crippen LogP contribution is -2.03. The fourth-order valence-corrected chi connectivity index (χ4v) is 8.09. The van der Waals surface area contributed by atoms with Crippen LogP contribution in [0.2, 0.25) is 0 Å². The summed E-state index contributed by atoms with van der Waals surface area (Å²) in [6.07, 6.45) is 8.71. The molecule has 0 bridgehead atoms. The fraction of sp³-hybridized carbons (Fsp3) is 0.0377. The Morgan fingerprint density at radius 3 is 1.63 bits per heavy atom. The number of nitrogens with zero attached hydrogens (tertiary/aromatic N) is 4. The van der Waals surface area contributed by atoms with Crippen LogP contribution < -0.4 is 0 Å².